The highest BCUT2D eigenvalue weighted by Gasteiger charge is 2.08. The Hall–Kier alpha value is -3.07. The first kappa shape index (κ1) is 13.9. The lowest BCUT2D eigenvalue weighted by atomic mass is 10.0. The molecular formula is C19H14O3. The van der Waals surface area contributed by atoms with Gasteiger partial charge in [0.05, 0.1) is 5.56 Å². The summed E-state index contributed by atoms with van der Waals surface area (Å²) in [4.78, 5) is 12.1. The second-order valence-corrected chi connectivity index (χ2v) is 4.83. The first-order chi connectivity index (χ1) is 10.7. The van der Waals surface area contributed by atoms with Crippen LogP contribution in [0.15, 0.2) is 78.9 Å². The van der Waals surface area contributed by atoms with E-state index in [4.69, 9.17) is 4.74 Å². The van der Waals surface area contributed by atoms with Crippen molar-refractivity contribution in [3.63, 3.8) is 0 Å². The minimum absolute atomic E-state index is 0.131. The van der Waals surface area contributed by atoms with Crippen molar-refractivity contribution in [2.45, 2.75) is 0 Å². The van der Waals surface area contributed by atoms with E-state index in [2.05, 4.69) is 0 Å². The van der Waals surface area contributed by atoms with E-state index in [-0.39, 0.29) is 5.75 Å². The second-order valence-electron chi connectivity index (χ2n) is 4.83. The molecule has 0 aliphatic heterocycles. The normalized spacial score (nSPS) is 10.2. The van der Waals surface area contributed by atoms with Crippen molar-refractivity contribution in [2.24, 2.45) is 0 Å². The molecule has 0 atom stereocenters. The van der Waals surface area contributed by atoms with E-state index in [9.17, 15) is 9.90 Å². The van der Waals surface area contributed by atoms with Crippen molar-refractivity contribution < 1.29 is 14.6 Å². The van der Waals surface area contributed by atoms with Crippen molar-refractivity contribution in [3.05, 3.63) is 84.4 Å². The predicted molar refractivity (Wildman–Crippen MR) is 84.9 cm³/mol. The van der Waals surface area contributed by atoms with Gasteiger partial charge in [0.2, 0.25) is 0 Å². The summed E-state index contributed by atoms with van der Waals surface area (Å²) in [5.74, 6) is 0.104. The molecule has 3 aromatic rings. The minimum Gasteiger partial charge on any atom is -0.508 e. The number of carbonyl (C=O) groups excluding carboxylic acids is 1. The molecule has 0 heterocycles. The molecule has 0 saturated carbocycles. The van der Waals surface area contributed by atoms with E-state index in [0.29, 0.717) is 11.3 Å². The molecule has 1 N–H and O–H groups in total. The van der Waals surface area contributed by atoms with Gasteiger partial charge >= 0.3 is 5.97 Å². The number of hydrogen-bond acceptors (Lipinski definition) is 3. The van der Waals surface area contributed by atoms with Crippen LogP contribution in [0.1, 0.15) is 10.4 Å². The Morgan fingerprint density at radius 1 is 0.727 bits per heavy atom. The van der Waals surface area contributed by atoms with Crippen molar-refractivity contribution >= 4 is 5.97 Å². The van der Waals surface area contributed by atoms with E-state index in [1.54, 1.807) is 24.3 Å². The van der Waals surface area contributed by atoms with Crippen molar-refractivity contribution in [1.82, 2.24) is 0 Å². The Labute approximate surface area is 128 Å². The van der Waals surface area contributed by atoms with Crippen LogP contribution < -0.4 is 4.74 Å². The van der Waals surface area contributed by atoms with E-state index in [1.807, 2.05) is 42.5 Å². The van der Waals surface area contributed by atoms with Gasteiger partial charge in [-0.15, -0.1) is 0 Å². The van der Waals surface area contributed by atoms with Crippen LogP contribution >= 0.6 is 0 Å². The fraction of sp³-hybridized carbons (Fsp3) is 0. The second kappa shape index (κ2) is 6.14. The average molecular weight is 290 g/mol. The molecule has 0 bridgehead atoms. The number of benzene rings is 3. The summed E-state index contributed by atoms with van der Waals surface area (Å²) >= 11 is 0. The highest BCUT2D eigenvalue weighted by molar-refractivity contribution is 5.91. The van der Waals surface area contributed by atoms with Gasteiger partial charge in [0.25, 0.3) is 0 Å². The van der Waals surface area contributed by atoms with Crippen LogP contribution in [0.2, 0.25) is 0 Å². The van der Waals surface area contributed by atoms with Gasteiger partial charge in [-0.25, -0.2) is 4.79 Å². The largest absolute Gasteiger partial charge is 0.508 e. The zero-order chi connectivity index (χ0) is 15.4. The van der Waals surface area contributed by atoms with Crippen molar-refractivity contribution in [3.8, 4) is 22.6 Å². The molecule has 0 radical (unpaired) electrons. The van der Waals surface area contributed by atoms with Gasteiger partial charge in [0.1, 0.15) is 11.5 Å². The molecule has 108 valence electrons. The zero-order valence-corrected chi connectivity index (χ0v) is 11.8. The molecule has 0 aliphatic rings. The number of carbonyl (C=O) groups is 1. The molecule has 0 unspecified atom stereocenters. The number of rotatable bonds is 3. The molecule has 22 heavy (non-hydrogen) atoms. The molecule has 0 aliphatic carbocycles. The fourth-order valence-electron chi connectivity index (χ4n) is 2.11. The first-order valence-electron chi connectivity index (χ1n) is 6.89. The molecule has 0 spiro atoms. The summed E-state index contributed by atoms with van der Waals surface area (Å²) < 4.78 is 5.25. The molecular weight excluding hydrogens is 276 g/mol. The molecule has 0 aromatic heterocycles. The lowest BCUT2D eigenvalue weighted by Gasteiger charge is -2.06. The molecule has 0 fully saturated rings. The van der Waals surface area contributed by atoms with Gasteiger partial charge in [0.15, 0.2) is 0 Å². The summed E-state index contributed by atoms with van der Waals surface area (Å²) in [5.41, 5.74) is 2.62. The predicted octanol–water partition coefficient (Wildman–Crippen LogP) is 4.28. The molecule has 0 saturated heterocycles. The van der Waals surface area contributed by atoms with Gasteiger partial charge in [-0.2, -0.15) is 0 Å². The highest BCUT2D eigenvalue weighted by Crippen LogP contribution is 2.21. The quantitative estimate of drug-likeness (QED) is 0.578. The van der Waals surface area contributed by atoms with Crippen LogP contribution in [0, 0.1) is 0 Å². The maximum atomic E-state index is 12.1. The molecule has 3 nitrogen and oxygen atoms in total. The van der Waals surface area contributed by atoms with Crippen LogP contribution in [0.4, 0.5) is 0 Å². The standard InChI is InChI=1S/C19H14O3/c20-17-10-12-18(13-11-17)22-19(21)16-8-6-15(7-9-16)14-4-2-1-3-5-14/h1-13,20H. The third-order valence-corrected chi connectivity index (χ3v) is 3.27. The number of hydrogen-bond donors (Lipinski definition) is 1. The molecule has 3 heteroatoms. The van der Waals surface area contributed by atoms with Crippen LogP contribution in [0.25, 0.3) is 11.1 Å². The van der Waals surface area contributed by atoms with Crippen LogP contribution in [0.5, 0.6) is 11.5 Å². The lowest BCUT2D eigenvalue weighted by molar-refractivity contribution is 0.0734. The van der Waals surface area contributed by atoms with Crippen molar-refractivity contribution in [2.75, 3.05) is 0 Å². The summed E-state index contributed by atoms with van der Waals surface area (Å²) in [5, 5.41) is 9.21. The van der Waals surface area contributed by atoms with E-state index >= 15 is 0 Å². The molecule has 0 amide bonds. The Balaban J connectivity index is 1.75. The third-order valence-electron chi connectivity index (χ3n) is 3.27. The monoisotopic (exact) mass is 290 g/mol. The van der Waals surface area contributed by atoms with E-state index < -0.39 is 5.97 Å². The number of esters is 1. The number of phenols is 1. The average Bonchev–Trinajstić information content (AvgIpc) is 2.58. The van der Waals surface area contributed by atoms with Gasteiger partial charge in [-0.1, -0.05) is 42.5 Å². The highest BCUT2D eigenvalue weighted by atomic mass is 16.5. The number of aromatic hydroxyl groups is 1. The topological polar surface area (TPSA) is 46.5 Å². The van der Waals surface area contributed by atoms with Crippen LogP contribution in [-0.4, -0.2) is 11.1 Å². The Morgan fingerprint density at radius 3 is 1.95 bits per heavy atom. The van der Waals surface area contributed by atoms with E-state index in [1.165, 1.54) is 12.1 Å². The van der Waals surface area contributed by atoms with Gasteiger partial charge < -0.3 is 9.84 Å². The van der Waals surface area contributed by atoms with Gasteiger partial charge in [0, 0.05) is 0 Å². The SMILES string of the molecule is O=C(Oc1ccc(O)cc1)c1ccc(-c2ccccc2)cc1. The minimum atomic E-state index is -0.426. The zero-order valence-electron chi connectivity index (χ0n) is 11.8. The lowest BCUT2D eigenvalue weighted by Crippen LogP contribution is -2.08. The summed E-state index contributed by atoms with van der Waals surface area (Å²) in [7, 11) is 0. The Morgan fingerprint density at radius 2 is 1.32 bits per heavy atom. The van der Waals surface area contributed by atoms with E-state index in [0.717, 1.165) is 11.1 Å². The molecule has 3 aromatic carbocycles. The third kappa shape index (κ3) is 3.15. The van der Waals surface area contributed by atoms with Crippen LogP contribution in [-0.2, 0) is 0 Å². The number of ether oxygens (including phenoxy) is 1. The number of phenolic OH excluding ortho intramolecular Hbond substituents is 1. The first-order valence-corrected chi connectivity index (χ1v) is 6.89. The summed E-state index contributed by atoms with van der Waals surface area (Å²) in [6.45, 7) is 0. The Bertz CT molecular complexity index is 760. The van der Waals surface area contributed by atoms with Gasteiger partial charge in [-0.3, -0.25) is 0 Å². The van der Waals surface area contributed by atoms with Gasteiger partial charge in [-0.05, 0) is 47.5 Å². The molecule has 3 rings (SSSR count). The maximum absolute atomic E-state index is 12.1. The summed E-state index contributed by atoms with van der Waals surface area (Å²) in [6.07, 6.45) is 0. The smallest absolute Gasteiger partial charge is 0.343 e. The fourth-order valence-corrected chi connectivity index (χ4v) is 2.11. The van der Waals surface area contributed by atoms with Crippen LogP contribution in [0.3, 0.4) is 0 Å². The summed E-state index contributed by atoms with van der Waals surface area (Å²) in [6, 6.07) is 23.3. The van der Waals surface area contributed by atoms with Crippen molar-refractivity contribution in [1.29, 1.82) is 0 Å². The Kier molecular flexibility index (Phi) is 3.88. The maximum Gasteiger partial charge on any atom is 0.343 e.